The van der Waals surface area contributed by atoms with Gasteiger partial charge in [-0.1, -0.05) is 0 Å². The van der Waals surface area contributed by atoms with Gasteiger partial charge in [-0.15, -0.1) is 0 Å². The maximum absolute atomic E-state index is 11.3. The second-order valence-electron chi connectivity index (χ2n) is 3.29. The van der Waals surface area contributed by atoms with Crippen molar-refractivity contribution < 1.29 is 34.5 Å². The molecule has 1 fully saturated rings. The van der Waals surface area contributed by atoms with E-state index in [0.717, 1.165) is 0 Å². The Bertz CT molecular complexity index is 363. The minimum Gasteiger partial charge on any atom is -0.481 e. The third-order valence-electron chi connectivity index (χ3n) is 2.36. The van der Waals surface area contributed by atoms with Crippen LogP contribution in [0.3, 0.4) is 0 Å². The third kappa shape index (κ3) is 1.95. The molecule has 0 aromatic heterocycles. The molecule has 8 nitrogen and oxygen atoms in total. The lowest BCUT2D eigenvalue weighted by Gasteiger charge is -2.33. The van der Waals surface area contributed by atoms with Crippen LogP contribution in [0, 0.1) is 5.92 Å². The number of hydrogen-bond donors (Lipinski definition) is 3. The topological polar surface area (TPSA) is 132 Å². The number of carboxylic acids is 2. The molecule has 1 aliphatic rings. The van der Waals surface area contributed by atoms with Gasteiger partial charge in [-0.3, -0.25) is 14.5 Å². The lowest BCUT2D eigenvalue weighted by molar-refractivity contribution is -0.160. The van der Waals surface area contributed by atoms with E-state index in [4.69, 9.17) is 15.3 Å². The van der Waals surface area contributed by atoms with Gasteiger partial charge in [0, 0.05) is 13.0 Å². The van der Waals surface area contributed by atoms with E-state index in [0.29, 0.717) is 4.90 Å². The summed E-state index contributed by atoms with van der Waals surface area (Å²) in [6, 6.07) is -1.85. The number of amides is 1. The molecule has 0 aromatic rings. The van der Waals surface area contributed by atoms with Crippen LogP contribution in [0.4, 0.5) is 4.79 Å². The lowest BCUT2D eigenvalue weighted by atomic mass is 9.88. The van der Waals surface area contributed by atoms with Crippen molar-refractivity contribution in [2.75, 3.05) is 6.54 Å². The van der Waals surface area contributed by atoms with E-state index in [1.165, 1.54) is 0 Å². The van der Waals surface area contributed by atoms with Crippen LogP contribution >= 0.6 is 0 Å². The Labute approximate surface area is 89.1 Å². The number of nitrogens with zero attached hydrogens (tertiary/aromatic N) is 1. The van der Waals surface area contributed by atoms with Crippen molar-refractivity contribution in [3.05, 3.63) is 0 Å². The highest BCUT2D eigenvalue weighted by atomic mass is 16.4. The summed E-state index contributed by atoms with van der Waals surface area (Å²) in [5, 5.41) is 26.2. The molecular weight excluding hydrogens is 222 g/mol. The first-order valence-electron chi connectivity index (χ1n) is 4.34. The zero-order valence-electron chi connectivity index (χ0n) is 7.99. The molecule has 0 aromatic carbocycles. The number of aliphatic carboxylic acids is 2. The smallest absolute Gasteiger partial charge is 0.408 e. The number of rotatable bonds is 2. The molecule has 0 bridgehead atoms. The monoisotopic (exact) mass is 231 g/mol. The largest absolute Gasteiger partial charge is 0.481 e. The fourth-order valence-electron chi connectivity index (χ4n) is 1.64. The van der Waals surface area contributed by atoms with Gasteiger partial charge in [-0.2, -0.15) is 0 Å². The average molecular weight is 231 g/mol. The molecule has 1 aliphatic heterocycles. The number of carbonyl (C=O) groups excluding carboxylic acids is 1. The van der Waals surface area contributed by atoms with Crippen molar-refractivity contribution in [2.45, 2.75) is 12.5 Å². The Kier molecular flexibility index (Phi) is 3.11. The van der Waals surface area contributed by atoms with Crippen LogP contribution in [0.2, 0.25) is 0 Å². The fraction of sp³-hybridized carbons (Fsp3) is 0.500. The molecule has 0 radical (unpaired) electrons. The van der Waals surface area contributed by atoms with Crippen LogP contribution in [-0.2, 0) is 14.4 Å². The highest BCUT2D eigenvalue weighted by Gasteiger charge is 2.48. The summed E-state index contributed by atoms with van der Waals surface area (Å²) in [6.07, 6.45) is -1.83. The van der Waals surface area contributed by atoms with Crippen molar-refractivity contribution in [3.63, 3.8) is 0 Å². The van der Waals surface area contributed by atoms with Gasteiger partial charge in [0.05, 0.1) is 0 Å². The number of hydrogen-bond acceptors (Lipinski definition) is 4. The van der Waals surface area contributed by atoms with Gasteiger partial charge >= 0.3 is 18.0 Å². The Balaban J connectivity index is 3.11. The highest BCUT2D eigenvalue weighted by Crippen LogP contribution is 2.21. The second-order valence-corrected chi connectivity index (χ2v) is 3.29. The minimum absolute atomic E-state index is 0.285. The van der Waals surface area contributed by atoms with Gasteiger partial charge in [0.1, 0.15) is 5.92 Å². The Morgan fingerprint density at radius 2 is 1.69 bits per heavy atom. The molecule has 0 saturated carbocycles. The standard InChI is InChI=1S/C8H9NO7/c10-3-1-2-9(8(15)16)5(7(13)14)4(3)6(11)12/h4-5H,1-2H2,(H,11,12)(H,13,14)(H,15,16)/t4-,5+/m1/s1. The van der Waals surface area contributed by atoms with E-state index in [1.54, 1.807) is 0 Å². The van der Waals surface area contributed by atoms with Crippen molar-refractivity contribution in [2.24, 2.45) is 5.92 Å². The van der Waals surface area contributed by atoms with E-state index in [1.807, 2.05) is 0 Å². The van der Waals surface area contributed by atoms with Crippen LogP contribution in [-0.4, -0.2) is 56.6 Å². The molecule has 8 heteroatoms. The van der Waals surface area contributed by atoms with Crippen LogP contribution in [0.25, 0.3) is 0 Å². The number of likely N-dealkylation sites (tertiary alicyclic amines) is 1. The zero-order valence-corrected chi connectivity index (χ0v) is 7.99. The van der Waals surface area contributed by atoms with Crippen molar-refractivity contribution in [1.82, 2.24) is 4.90 Å². The molecule has 1 heterocycles. The number of carboxylic acid groups (broad SMARTS) is 3. The third-order valence-corrected chi connectivity index (χ3v) is 2.36. The number of piperidine rings is 1. The predicted molar refractivity (Wildman–Crippen MR) is 46.9 cm³/mol. The van der Waals surface area contributed by atoms with E-state index >= 15 is 0 Å². The first-order valence-corrected chi connectivity index (χ1v) is 4.34. The van der Waals surface area contributed by atoms with Crippen LogP contribution < -0.4 is 0 Å². The molecule has 0 aliphatic carbocycles. The van der Waals surface area contributed by atoms with Gasteiger partial charge in [-0.25, -0.2) is 9.59 Å². The lowest BCUT2D eigenvalue weighted by Crippen LogP contribution is -2.57. The summed E-state index contributed by atoms with van der Waals surface area (Å²) in [6.45, 7) is -0.297. The van der Waals surface area contributed by atoms with E-state index < -0.39 is 35.8 Å². The number of carbonyl (C=O) groups is 4. The normalized spacial score (nSPS) is 25.2. The Morgan fingerprint density at radius 3 is 2.06 bits per heavy atom. The number of ketones is 1. The minimum atomic E-state index is -1.85. The molecule has 1 saturated heterocycles. The molecular formula is C8H9NO7. The van der Waals surface area contributed by atoms with Crippen LogP contribution in [0.1, 0.15) is 6.42 Å². The molecule has 3 N–H and O–H groups in total. The van der Waals surface area contributed by atoms with Crippen molar-refractivity contribution in [3.8, 4) is 0 Å². The second kappa shape index (κ2) is 4.17. The molecule has 88 valence electrons. The summed E-state index contributed by atoms with van der Waals surface area (Å²) in [5.41, 5.74) is 0. The molecule has 2 atom stereocenters. The van der Waals surface area contributed by atoms with Crippen molar-refractivity contribution >= 4 is 23.8 Å². The Morgan fingerprint density at radius 1 is 1.12 bits per heavy atom. The molecule has 0 unspecified atom stereocenters. The predicted octanol–water partition coefficient (Wildman–Crippen LogP) is -0.907. The van der Waals surface area contributed by atoms with Crippen LogP contribution in [0.5, 0.6) is 0 Å². The van der Waals surface area contributed by atoms with E-state index in [2.05, 4.69) is 0 Å². The van der Waals surface area contributed by atoms with Gasteiger partial charge in [0.2, 0.25) is 0 Å². The quantitative estimate of drug-likeness (QED) is 0.524. The Hall–Kier alpha value is -2.12. The van der Waals surface area contributed by atoms with E-state index in [-0.39, 0.29) is 13.0 Å². The summed E-state index contributed by atoms with van der Waals surface area (Å²) in [4.78, 5) is 44.0. The average Bonchev–Trinajstić information content (AvgIpc) is 2.15. The maximum atomic E-state index is 11.3. The number of Topliss-reactive ketones (excluding diaryl/α,β-unsaturated/α-hetero) is 1. The molecule has 16 heavy (non-hydrogen) atoms. The van der Waals surface area contributed by atoms with E-state index in [9.17, 15) is 19.2 Å². The fourth-order valence-corrected chi connectivity index (χ4v) is 1.64. The van der Waals surface area contributed by atoms with Gasteiger partial charge in [-0.05, 0) is 0 Å². The summed E-state index contributed by atoms with van der Waals surface area (Å²) >= 11 is 0. The first-order chi connectivity index (χ1) is 7.36. The van der Waals surface area contributed by atoms with Gasteiger partial charge < -0.3 is 15.3 Å². The van der Waals surface area contributed by atoms with Gasteiger partial charge in [0.25, 0.3) is 0 Å². The van der Waals surface area contributed by atoms with Crippen molar-refractivity contribution in [1.29, 1.82) is 0 Å². The zero-order chi connectivity index (χ0) is 12.5. The highest BCUT2D eigenvalue weighted by molar-refractivity contribution is 6.04. The summed E-state index contributed by atoms with van der Waals surface area (Å²) < 4.78 is 0. The maximum Gasteiger partial charge on any atom is 0.408 e. The SMILES string of the molecule is O=C(O)[C@@H]1C(=O)CCN(C(=O)O)[C@@H]1C(=O)O. The summed E-state index contributed by atoms with van der Waals surface area (Å²) in [5.74, 6) is -5.86. The van der Waals surface area contributed by atoms with Gasteiger partial charge in [0.15, 0.2) is 11.8 Å². The first kappa shape index (κ1) is 12.0. The van der Waals surface area contributed by atoms with Crippen LogP contribution in [0.15, 0.2) is 0 Å². The molecule has 1 amide bonds. The summed E-state index contributed by atoms with van der Waals surface area (Å²) in [7, 11) is 0. The molecule has 0 spiro atoms. The molecule has 1 rings (SSSR count).